The van der Waals surface area contributed by atoms with E-state index in [4.69, 9.17) is 10.2 Å². The summed E-state index contributed by atoms with van der Waals surface area (Å²) in [5.41, 5.74) is 0. The molecule has 2 amide bonds. The van der Waals surface area contributed by atoms with E-state index in [0.29, 0.717) is 0 Å². The van der Waals surface area contributed by atoms with Crippen molar-refractivity contribution in [1.29, 1.82) is 0 Å². The lowest BCUT2D eigenvalue weighted by molar-refractivity contribution is 0.168. The molecular formula is C7H16N2O3. The molecule has 72 valence electrons. The van der Waals surface area contributed by atoms with Crippen LogP contribution in [-0.2, 0) is 0 Å². The minimum absolute atomic E-state index is 0.0445. The Morgan fingerprint density at radius 3 is 2.08 bits per heavy atom. The maximum atomic E-state index is 10.9. The van der Waals surface area contributed by atoms with Gasteiger partial charge in [0.15, 0.2) is 0 Å². The van der Waals surface area contributed by atoms with Gasteiger partial charge in [-0.15, -0.1) is 0 Å². The number of urea groups is 1. The lowest BCUT2D eigenvalue weighted by Gasteiger charge is -2.15. The van der Waals surface area contributed by atoms with Crippen LogP contribution in [0.3, 0.4) is 0 Å². The van der Waals surface area contributed by atoms with Gasteiger partial charge in [-0.05, 0) is 13.8 Å². The Hall–Kier alpha value is -0.810. The molecule has 5 heteroatoms. The van der Waals surface area contributed by atoms with Gasteiger partial charge in [0.25, 0.3) is 0 Å². The van der Waals surface area contributed by atoms with Crippen LogP contribution in [0.4, 0.5) is 4.79 Å². The molecule has 0 aromatic rings. The summed E-state index contributed by atoms with van der Waals surface area (Å²) in [6.45, 7) is 3.13. The molecule has 4 N–H and O–H groups in total. The highest BCUT2D eigenvalue weighted by Gasteiger charge is 2.09. The van der Waals surface area contributed by atoms with Gasteiger partial charge in [0.1, 0.15) is 0 Å². The van der Waals surface area contributed by atoms with E-state index in [1.54, 1.807) is 0 Å². The normalized spacial score (nSPS) is 10.5. The molecular weight excluding hydrogens is 160 g/mol. The van der Waals surface area contributed by atoms with Crippen LogP contribution in [0.5, 0.6) is 0 Å². The van der Waals surface area contributed by atoms with E-state index in [9.17, 15) is 4.79 Å². The van der Waals surface area contributed by atoms with Crippen LogP contribution in [0.1, 0.15) is 13.8 Å². The maximum Gasteiger partial charge on any atom is 0.315 e. The molecule has 0 rings (SSSR count). The zero-order valence-electron chi connectivity index (χ0n) is 7.37. The molecule has 5 nitrogen and oxygen atoms in total. The van der Waals surface area contributed by atoms with Crippen molar-refractivity contribution in [2.45, 2.75) is 25.9 Å². The first kappa shape index (κ1) is 11.2. The summed E-state index contributed by atoms with van der Waals surface area (Å²) >= 11 is 0. The van der Waals surface area contributed by atoms with Crippen molar-refractivity contribution in [3.8, 4) is 0 Å². The summed E-state index contributed by atoms with van der Waals surface area (Å²) in [7, 11) is 0. The molecule has 0 radical (unpaired) electrons. The molecule has 0 atom stereocenters. The highest BCUT2D eigenvalue weighted by atomic mass is 16.3. The zero-order valence-corrected chi connectivity index (χ0v) is 7.37. The Labute approximate surface area is 71.8 Å². The van der Waals surface area contributed by atoms with E-state index in [1.165, 1.54) is 0 Å². The SMILES string of the molecule is CC(C)NC(=O)NC(CO)CO. The van der Waals surface area contributed by atoms with E-state index in [1.807, 2.05) is 13.8 Å². The average Bonchev–Trinajstić information content (AvgIpc) is 1.98. The largest absolute Gasteiger partial charge is 0.394 e. The number of rotatable bonds is 4. The maximum absolute atomic E-state index is 10.9. The van der Waals surface area contributed by atoms with E-state index in [-0.39, 0.29) is 25.3 Å². The quantitative estimate of drug-likeness (QED) is 0.445. The van der Waals surface area contributed by atoms with Crippen LogP contribution in [0.15, 0.2) is 0 Å². The van der Waals surface area contributed by atoms with Gasteiger partial charge in [0, 0.05) is 6.04 Å². The summed E-state index contributed by atoms with van der Waals surface area (Å²) in [5.74, 6) is 0. The molecule has 0 saturated carbocycles. The number of aliphatic hydroxyl groups excluding tert-OH is 2. The lowest BCUT2D eigenvalue weighted by atomic mass is 10.3. The number of carbonyl (C=O) groups excluding carboxylic acids is 1. The van der Waals surface area contributed by atoms with Crippen molar-refractivity contribution in [2.24, 2.45) is 0 Å². The first-order valence-corrected chi connectivity index (χ1v) is 3.89. The van der Waals surface area contributed by atoms with Crippen LogP contribution in [0.2, 0.25) is 0 Å². The molecule has 0 aromatic carbocycles. The third kappa shape index (κ3) is 4.92. The Balaban J connectivity index is 3.66. The Kier molecular flexibility index (Phi) is 5.40. The number of hydrogen-bond acceptors (Lipinski definition) is 3. The summed E-state index contributed by atoms with van der Waals surface area (Å²) in [6, 6.07) is -0.912. The highest BCUT2D eigenvalue weighted by molar-refractivity contribution is 5.74. The number of nitrogens with one attached hydrogen (secondary N) is 2. The first-order valence-electron chi connectivity index (χ1n) is 3.89. The number of hydrogen-bond donors (Lipinski definition) is 4. The third-order valence-electron chi connectivity index (χ3n) is 1.20. The van der Waals surface area contributed by atoms with Crippen LogP contribution in [0.25, 0.3) is 0 Å². The van der Waals surface area contributed by atoms with Gasteiger partial charge in [0.05, 0.1) is 19.3 Å². The molecule has 12 heavy (non-hydrogen) atoms. The predicted octanol–water partition coefficient (Wildman–Crippen LogP) is -0.953. The fraction of sp³-hybridized carbons (Fsp3) is 0.857. The van der Waals surface area contributed by atoms with Crippen LogP contribution >= 0.6 is 0 Å². The minimum Gasteiger partial charge on any atom is -0.394 e. The first-order chi connectivity index (χ1) is 5.60. The summed E-state index contributed by atoms with van der Waals surface area (Å²) in [4.78, 5) is 10.9. The van der Waals surface area contributed by atoms with Gasteiger partial charge in [-0.2, -0.15) is 0 Å². The molecule has 0 spiro atoms. The number of carbonyl (C=O) groups is 1. The van der Waals surface area contributed by atoms with Crippen LogP contribution in [0, 0.1) is 0 Å². The Morgan fingerprint density at radius 1 is 1.25 bits per heavy atom. The van der Waals surface area contributed by atoms with Gasteiger partial charge in [-0.25, -0.2) is 4.79 Å². The second-order valence-electron chi connectivity index (χ2n) is 2.83. The molecule has 0 unspecified atom stereocenters. The van der Waals surface area contributed by atoms with Gasteiger partial charge in [0.2, 0.25) is 0 Å². The molecule has 0 saturated heterocycles. The van der Waals surface area contributed by atoms with Gasteiger partial charge < -0.3 is 20.8 Å². The third-order valence-corrected chi connectivity index (χ3v) is 1.20. The molecule has 0 fully saturated rings. The van der Waals surface area contributed by atoms with Crippen molar-refractivity contribution >= 4 is 6.03 Å². The van der Waals surface area contributed by atoms with E-state index in [0.717, 1.165) is 0 Å². The topological polar surface area (TPSA) is 81.6 Å². The fourth-order valence-corrected chi connectivity index (χ4v) is 0.638. The highest BCUT2D eigenvalue weighted by Crippen LogP contribution is 1.81. The molecule has 0 aromatic heterocycles. The Morgan fingerprint density at radius 2 is 1.75 bits per heavy atom. The van der Waals surface area contributed by atoms with E-state index < -0.39 is 6.04 Å². The van der Waals surface area contributed by atoms with Crippen molar-refractivity contribution < 1.29 is 15.0 Å². The fourth-order valence-electron chi connectivity index (χ4n) is 0.638. The van der Waals surface area contributed by atoms with Crippen LogP contribution in [-0.4, -0.2) is 41.5 Å². The van der Waals surface area contributed by atoms with Crippen molar-refractivity contribution in [2.75, 3.05) is 13.2 Å². The molecule has 0 heterocycles. The van der Waals surface area contributed by atoms with Crippen LogP contribution < -0.4 is 10.6 Å². The molecule has 0 aliphatic heterocycles. The minimum atomic E-state index is -0.580. The van der Waals surface area contributed by atoms with Gasteiger partial charge in [-0.3, -0.25) is 0 Å². The molecule has 0 aliphatic carbocycles. The van der Waals surface area contributed by atoms with Crippen molar-refractivity contribution in [3.63, 3.8) is 0 Å². The second kappa shape index (κ2) is 5.79. The molecule has 0 bridgehead atoms. The van der Waals surface area contributed by atoms with Crippen molar-refractivity contribution in [1.82, 2.24) is 10.6 Å². The number of amides is 2. The lowest BCUT2D eigenvalue weighted by Crippen LogP contribution is -2.47. The summed E-state index contributed by atoms with van der Waals surface area (Å²) in [6.07, 6.45) is 0. The summed E-state index contributed by atoms with van der Waals surface area (Å²) in [5, 5.41) is 22.2. The zero-order chi connectivity index (χ0) is 9.56. The van der Waals surface area contributed by atoms with E-state index in [2.05, 4.69) is 10.6 Å². The van der Waals surface area contributed by atoms with Crippen molar-refractivity contribution in [3.05, 3.63) is 0 Å². The second-order valence-corrected chi connectivity index (χ2v) is 2.83. The smallest absolute Gasteiger partial charge is 0.315 e. The average molecular weight is 176 g/mol. The predicted molar refractivity (Wildman–Crippen MR) is 44.8 cm³/mol. The Bertz CT molecular complexity index is 135. The van der Waals surface area contributed by atoms with Gasteiger partial charge >= 0.3 is 6.03 Å². The molecule has 0 aliphatic rings. The summed E-state index contributed by atoms with van der Waals surface area (Å²) < 4.78 is 0. The van der Waals surface area contributed by atoms with E-state index >= 15 is 0 Å². The number of aliphatic hydroxyl groups is 2. The monoisotopic (exact) mass is 176 g/mol. The standard InChI is InChI=1S/C7H16N2O3/c1-5(2)8-7(12)9-6(3-10)4-11/h5-6,10-11H,3-4H2,1-2H3,(H2,8,9,12). The van der Waals surface area contributed by atoms with Gasteiger partial charge in [-0.1, -0.05) is 0 Å².